The Hall–Kier alpha value is -0.930. The topological polar surface area (TPSA) is 56.0 Å². The lowest BCUT2D eigenvalue weighted by atomic mass is 10.2. The Morgan fingerprint density at radius 3 is 2.57 bits per heavy atom. The summed E-state index contributed by atoms with van der Waals surface area (Å²) in [5, 5.41) is 10.3. The van der Waals surface area contributed by atoms with Gasteiger partial charge in [0.2, 0.25) is 0 Å². The van der Waals surface area contributed by atoms with E-state index in [0.29, 0.717) is 6.20 Å². The van der Waals surface area contributed by atoms with Crippen molar-refractivity contribution in [2.24, 2.45) is 0 Å². The summed E-state index contributed by atoms with van der Waals surface area (Å²) in [7, 11) is 0. The van der Waals surface area contributed by atoms with Crippen LogP contribution in [0.3, 0.4) is 0 Å². The van der Waals surface area contributed by atoms with Crippen LogP contribution in [0.25, 0.3) is 0 Å². The molecule has 0 aromatic carbocycles. The third kappa shape index (κ3) is 1.94. The molecule has 0 fully saturated rings. The smallest absolute Gasteiger partial charge is 0.358 e. The van der Waals surface area contributed by atoms with E-state index in [1.165, 1.54) is 22.6 Å². The first-order valence-corrected chi connectivity index (χ1v) is 4.29. The summed E-state index contributed by atoms with van der Waals surface area (Å²) in [5.74, 6) is -2.00. The van der Waals surface area contributed by atoms with Gasteiger partial charge in [0.1, 0.15) is 3.57 Å². The summed E-state index contributed by atoms with van der Waals surface area (Å²) in [6.45, 7) is 0. The van der Waals surface area contributed by atoms with E-state index in [1.54, 1.807) is 0 Å². The lowest BCUT2D eigenvalue weighted by Crippen LogP contribution is -2.03. The summed E-state index contributed by atoms with van der Waals surface area (Å²) < 4.78 is 36.8. The van der Waals surface area contributed by atoms with Gasteiger partial charge in [0.15, 0.2) is 12.0 Å². The highest BCUT2D eigenvalue weighted by Gasteiger charge is 2.26. The van der Waals surface area contributed by atoms with Crippen molar-refractivity contribution in [3.63, 3.8) is 0 Å². The second-order valence-electron chi connectivity index (χ2n) is 2.22. The quantitative estimate of drug-likeness (QED) is 0.478. The highest BCUT2D eigenvalue weighted by Crippen LogP contribution is 2.31. The van der Waals surface area contributed by atoms with Crippen LogP contribution >= 0.6 is 22.6 Å². The third-order valence-electron chi connectivity index (χ3n) is 1.38. The first-order chi connectivity index (χ1) is 6.45. The molecule has 1 aromatic rings. The molecular weight excluding hydrogens is 316 g/mol. The normalized spacial score (nSPS) is 10.6. The van der Waals surface area contributed by atoms with E-state index >= 15 is 0 Å². The molecule has 0 N–H and O–H groups in total. The Morgan fingerprint density at radius 2 is 2.14 bits per heavy atom. The Bertz CT molecular complexity index is 386. The van der Waals surface area contributed by atoms with Gasteiger partial charge in [-0.15, -0.1) is 0 Å². The average Bonchev–Trinajstić information content (AvgIpc) is 2.02. The summed E-state index contributed by atoms with van der Waals surface area (Å²) in [6, 6.07) is 0. The van der Waals surface area contributed by atoms with E-state index in [4.69, 9.17) is 0 Å². The monoisotopic (exact) mass is 318 g/mol. The van der Waals surface area contributed by atoms with Gasteiger partial charge in [-0.25, -0.2) is 13.2 Å². The van der Waals surface area contributed by atoms with Gasteiger partial charge in [0.05, 0.1) is 5.56 Å². The molecule has 0 aliphatic carbocycles. The second kappa shape index (κ2) is 4.07. The third-order valence-corrected chi connectivity index (χ3v) is 2.44. The van der Waals surface area contributed by atoms with Gasteiger partial charge in [-0.05, 0) is 32.5 Å². The minimum absolute atomic E-state index is 0.418. The number of pyridine rings is 1. The van der Waals surface area contributed by atoms with E-state index in [9.17, 15) is 23.3 Å². The Labute approximate surface area is 89.4 Å². The first-order valence-electron chi connectivity index (χ1n) is 3.21. The molecule has 0 bridgehead atoms. The zero-order chi connectivity index (χ0) is 10.9. The SMILES string of the molecule is O=[N+]([O-])c1ncc(F)c(C(F)F)c1I. The standard InChI is InChI=1S/C6H2F3IN2O2/c7-2-1-11-6(12(13)14)4(10)3(2)5(8)9/h1,5H. The fourth-order valence-corrected chi connectivity index (χ4v) is 1.63. The van der Waals surface area contributed by atoms with E-state index in [-0.39, 0.29) is 0 Å². The molecule has 1 aromatic heterocycles. The number of nitrogens with zero attached hydrogens (tertiary/aromatic N) is 2. The maximum atomic E-state index is 12.8. The van der Waals surface area contributed by atoms with Gasteiger partial charge in [-0.1, -0.05) is 0 Å². The van der Waals surface area contributed by atoms with Crippen molar-refractivity contribution in [1.29, 1.82) is 0 Å². The van der Waals surface area contributed by atoms with Crippen LogP contribution in [0.1, 0.15) is 12.0 Å². The number of hydrogen-bond acceptors (Lipinski definition) is 3. The lowest BCUT2D eigenvalue weighted by Gasteiger charge is -2.03. The van der Waals surface area contributed by atoms with Gasteiger partial charge >= 0.3 is 5.82 Å². The maximum Gasteiger partial charge on any atom is 0.377 e. The average molecular weight is 318 g/mol. The first kappa shape index (κ1) is 11.1. The predicted octanol–water partition coefficient (Wildman–Crippen LogP) is 2.67. The van der Waals surface area contributed by atoms with Crippen LogP contribution in [0.4, 0.5) is 19.0 Å². The molecule has 0 saturated carbocycles. The van der Waals surface area contributed by atoms with E-state index in [1.807, 2.05) is 0 Å². The number of alkyl halides is 2. The van der Waals surface area contributed by atoms with Crippen molar-refractivity contribution in [3.05, 3.63) is 31.3 Å². The van der Waals surface area contributed by atoms with Crippen LogP contribution in [0.15, 0.2) is 6.20 Å². The van der Waals surface area contributed by atoms with E-state index in [2.05, 4.69) is 4.98 Å². The fraction of sp³-hybridized carbons (Fsp3) is 0.167. The van der Waals surface area contributed by atoms with Crippen molar-refractivity contribution in [2.75, 3.05) is 0 Å². The molecular formula is C6H2F3IN2O2. The molecule has 0 unspecified atom stereocenters. The fourth-order valence-electron chi connectivity index (χ4n) is 0.797. The van der Waals surface area contributed by atoms with Gasteiger partial charge in [-0.2, -0.15) is 0 Å². The maximum absolute atomic E-state index is 12.8. The number of aromatic nitrogens is 1. The molecule has 8 heteroatoms. The molecule has 0 aliphatic rings. The van der Waals surface area contributed by atoms with Crippen molar-refractivity contribution >= 4 is 28.4 Å². The van der Waals surface area contributed by atoms with Crippen LogP contribution in [0.5, 0.6) is 0 Å². The van der Waals surface area contributed by atoms with Gasteiger partial charge in [0.25, 0.3) is 6.43 Å². The minimum atomic E-state index is -3.09. The number of hydrogen-bond donors (Lipinski definition) is 0. The molecule has 0 saturated heterocycles. The zero-order valence-corrected chi connectivity index (χ0v) is 8.53. The Morgan fingerprint density at radius 1 is 1.57 bits per heavy atom. The van der Waals surface area contributed by atoms with Crippen LogP contribution in [-0.2, 0) is 0 Å². The lowest BCUT2D eigenvalue weighted by molar-refractivity contribution is -0.390. The van der Waals surface area contributed by atoms with Crippen molar-refractivity contribution in [1.82, 2.24) is 4.98 Å². The largest absolute Gasteiger partial charge is 0.377 e. The number of nitro groups is 1. The summed E-state index contributed by atoms with van der Waals surface area (Å²) in [5.41, 5.74) is -0.979. The molecule has 0 amide bonds. The van der Waals surface area contributed by atoms with Crippen LogP contribution in [0, 0.1) is 19.5 Å². The summed E-state index contributed by atoms with van der Waals surface area (Å²) in [4.78, 5) is 12.4. The molecule has 0 aliphatic heterocycles. The molecule has 4 nitrogen and oxygen atoms in total. The van der Waals surface area contributed by atoms with Crippen molar-refractivity contribution < 1.29 is 18.1 Å². The molecule has 14 heavy (non-hydrogen) atoms. The molecule has 1 rings (SSSR count). The second-order valence-corrected chi connectivity index (χ2v) is 3.29. The van der Waals surface area contributed by atoms with Gasteiger partial charge in [0, 0.05) is 0 Å². The highest BCUT2D eigenvalue weighted by atomic mass is 127. The van der Waals surface area contributed by atoms with Crippen LogP contribution in [0.2, 0.25) is 0 Å². The summed E-state index contributed by atoms with van der Waals surface area (Å²) >= 11 is 1.27. The van der Waals surface area contributed by atoms with E-state index in [0.717, 1.165) is 0 Å². The van der Waals surface area contributed by atoms with Crippen LogP contribution in [-0.4, -0.2) is 9.91 Å². The molecule has 0 atom stereocenters. The van der Waals surface area contributed by atoms with Gasteiger partial charge < -0.3 is 10.1 Å². The molecule has 1 heterocycles. The summed E-state index contributed by atoms with van der Waals surface area (Å²) in [6.07, 6.45) is -2.68. The Balaban J connectivity index is 3.41. The predicted molar refractivity (Wildman–Crippen MR) is 48.5 cm³/mol. The number of rotatable bonds is 2. The Kier molecular flexibility index (Phi) is 3.24. The molecule has 0 radical (unpaired) electrons. The minimum Gasteiger partial charge on any atom is -0.358 e. The van der Waals surface area contributed by atoms with Crippen molar-refractivity contribution in [2.45, 2.75) is 6.43 Å². The van der Waals surface area contributed by atoms with E-state index < -0.39 is 32.1 Å². The zero-order valence-electron chi connectivity index (χ0n) is 6.38. The number of halogens is 4. The molecule has 0 spiro atoms. The van der Waals surface area contributed by atoms with Gasteiger partial charge in [-0.3, -0.25) is 0 Å². The van der Waals surface area contributed by atoms with Crippen LogP contribution < -0.4 is 0 Å². The van der Waals surface area contributed by atoms with Crippen molar-refractivity contribution in [3.8, 4) is 0 Å². The highest BCUT2D eigenvalue weighted by molar-refractivity contribution is 14.1. The molecule has 76 valence electrons.